The molecular weight excluding hydrogens is 350 g/mol. The number of aromatic nitrogens is 2. The van der Waals surface area contributed by atoms with Crippen molar-refractivity contribution in [3.05, 3.63) is 91.3 Å². The monoisotopic (exact) mass is 371 g/mol. The number of methoxy groups -OCH3 is 2. The number of hydrogen-bond acceptors (Lipinski definition) is 4. The van der Waals surface area contributed by atoms with Crippen LogP contribution in [0.15, 0.2) is 91.3 Å². The van der Waals surface area contributed by atoms with E-state index in [4.69, 9.17) is 9.47 Å². The molecule has 1 aromatic heterocycles. The van der Waals surface area contributed by atoms with Crippen LogP contribution in [-0.4, -0.2) is 24.0 Å². The van der Waals surface area contributed by atoms with Crippen molar-refractivity contribution in [3.8, 4) is 17.2 Å². The first kappa shape index (κ1) is 17.7. The van der Waals surface area contributed by atoms with Crippen molar-refractivity contribution < 1.29 is 9.47 Å². The van der Waals surface area contributed by atoms with Crippen LogP contribution in [0.4, 0.5) is 17.1 Å². The number of nitrogens with zero attached hydrogens (tertiary/aromatic N) is 3. The SMILES string of the molecule is COc1ccc(N(c2ccc(OC)cc2)c2ccc(-n3cccn3)cc2)cc1. The third kappa shape index (κ3) is 3.55. The van der Waals surface area contributed by atoms with Crippen molar-refractivity contribution in [3.63, 3.8) is 0 Å². The standard InChI is InChI=1S/C23H21N3O2/c1-27-22-12-8-20(9-13-22)26(21-10-14-23(28-2)15-11-21)19-6-4-18(5-7-19)25-17-3-16-24-25/h3-17H,1-2H3. The second-order valence-electron chi connectivity index (χ2n) is 6.20. The Labute approximate surface area is 164 Å². The lowest BCUT2D eigenvalue weighted by Gasteiger charge is -2.26. The van der Waals surface area contributed by atoms with Gasteiger partial charge in [-0.2, -0.15) is 5.10 Å². The summed E-state index contributed by atoms with van der Waals surface area (Å²) in [6.45, 7) is 0. The second-order valence-corrected chi connectivity index (χ2v) is 6.20. The highest BCUT2D eigenvalue weighted by Crippen LogP contribution is 2.36. The van der Waals surface area contributed by atoms with E-state index in [1.54, 1.807) is 20.4 Å². The van der Waals surface area contributed by atoms with Crippen molar-refractivity contribution in [1.82, 2.24) is 9.78 Å². The molecule has 0 bridgehead atoms. The molecule has 4 aromatic rings. The van der Waals surface area contributed by atoms with Crippen LogP contribution in [0.25, 0.3) is 5.69 Å². The molecule has 3 aromatic carbocycles. The fourth-order valence-electron chi connectivity index (χ4n) is 3.09. The van der Waals surface area contributed by atoms with Crippen LogP contribution in [0.1, 0.15) is 0 Å². The van der Waals surface area contributed by atoms with Gasteiger partial charge >= 0.3 is 0 Å². The molecule has 5 nitrogen and oxygen atoms in total. The average Bonchev–Trinajstić information content (AvgIpc) is 3.30. The van der Waals surface area contributed by atoms with Gasteiger partial charge in [0, 0.05) is 29.5 Å². The topological polar surface area (TPSA) is 39.5 Å². The summed E-state index contributed by atoms with van der Waals surface area (Å²) in [5, 5.41) is 4.29. The Morgan fingerprint density at radius 3 is 1.54 bits per heavy atom. The molecule has 0 unspecified atom stereocenters. The maximum Gasteiger partial charge on any atom is 0.119 e. The van der Waals surface area contributed by atoms with Crippen LogP contribution in [0.5, 0.6) is 11.5 Å². The third-order valence-electron chi connectivity index (χ3n) is 4.54. The molecule has 0 saturated carbocycles. The first-order valence-corrected chi connectivity index (χ1v) is 8.97. The molecule has 5 heteroatoms. The summed E-state index contributed by atoms with van der Waals surface area (Å²) in [6.07, 6.45) is 3.70. The molecule has 0 atom stereocenters. The van der Waals surface area contributed by atoms with Gasteiger partial charge in [-0.15, -0.1) is 0 Å². The van der Waals surface area contributed by atoms with E-state index in [1.165, 1.54) is 0 Å². The Hall–Kier alpha value is -3.73. The summed E-state index contributed by atoms with van der Waals surface area (Å²) in [6, 6.07) is 26.2. The van der Waals surface area contributed by atoms with Gasteiger partial charge < -0.3 is 14.4 Å². The van der Waals surface area contributed by atoms with Crippen LogP contribution in [0.3, 0.4) is 0 Å². The van der Waals surface area contributed by atoms with Crippen molar-refractivity contribution in [2.75, 3.05) is 19.1 Å². The minimum atomic E-state index is 0.826. The summed E-state index contributed by atoms with van der Waals surface area (Å²) in [5.74, 6) is 1.65. The minimum Gasteiger partial charge on any atom is -0.497 e. The van der Waals surface area contributed by atoms with Gasteiger partial charge in [-0.05, 0) is 78.9 Å². The fraction of sp³-hybridized carbons (Fsp3) is 0.0870. The number of rotatable bonds is 6. The van der Waals surface area contributed by atoms with Crippen LogP contribution in [0.2, 0.25) is 0 Å². The molecular formula is C23H21N3O2. The molecule has 0 spiro atoms. The number of benzene rings is 3. The third-order valence-corrected chi connectivity index (χ3v) is 4.54. The molecule has 0 aliphatic rings. The number of anilines is 3. The van der Waals surface area contributed by atoms with Gasteiger partial charge in [0.25, 0.3) is 0 Å². The Kier molecular flexibility index (Phi) is 4.97. The summed E-state index contributed by atoms with van der Waals surface area (Å²) in [4.78, 5) is 2.19. The van der Waals surface area contributed by atoms with E-state index in [0.29, 0.717) is 0 Å². The Balaban J connectivity index is 1.75. The molecule has 0 amide bonds. The first-order chi connectivity index (χ1) is 13.8. The smallest absolute Gasteiger partial charge is 0.119 e. The van der Waals surface area contributed by atoms with Crippen LogP contribution in [0, 0.1) is 0 Å². The second kappa shape index (κ2) is 7.88. The zero-order valence-electron chi connectivity index (χ0n) is 15.8. The fourth-order valence-corrected chi connectivity index (χ4v) is 3.09. The lowest BCUT2D eigenvalue weighted by Crippen LogP contribution is -2.10. The summed E-state index contributed by atoms with van der Waals surface area (Å²) < 4.78 is 12.4. The predicted molar refractivity (Wildman–Crippen MR) is 111 cm³/mol. The average molecular weight is 371 g/mol. The molecule has 4 rings (SSSR count). The van der Waals surface area contributed by atoms with Crippen molar-refractivity contribution in [2.45, 2.75) is 0 Å². The van der Waals surface area contributed by atoms with E-state index >= 15 is 0 Å². The van der Waals surface area contributed by atoms with Gasteiger partial charge in [0.1, 0.15) is 11.5 Å². The molecule has 28 heavy (non-hydrogen) atoms. The molecule has 0 N–H and O–H groups in total. The lowest BCUT2D eigenvalue weighted by molar-refractivity contribution is 0.415. The van der Waals surface area contributed by atoms with Crippen LogP contribution >= 0.6 is 0 Å². The molecule has 0 saturated heterocycles. The van der Waals surface area contributed by atoms with Gasteiger partial charge in [0.2, 0.25) is 0 Å². The highest BCUT2D eigenvalue weighted by Gasteiger charge is 2.13. The largest absolute Gasteiger partial charge is 0.497 e. The van der Waals surface area contributed by atoms with Gasteiger partial charge in [0.05, 0.1) is 19.9 Å². The van der Waals surface area contributed by atoms with Crippen LogP contribution < -0.4 is 14.4 Å². The molecule has 1 heterocycles. The number of ether oxygens (including phenoxy) is 2. The Morgan fingerprint density at radius 2 is 1.14 bits per heavy atom. The van der Waals surface area contributed by atoms with Crippen LogP contribution in [-0.2, 0) is 0 Å². The van der Waals surface area contributed by atoms with E-state index in [9.17, 15) is 0 Å². The van der Waals surface area contributed by atoms with Crippen molar-refractivity contribution in [2.24, 2.45) is 0 Å². The van der Waals surface area contributed by atoms with E-state index in [0.717, 1.165) is 34.2 Å². The summed E-state index contributed by atoms with van der Waals surface area (Å²) in [5.41, 5.74) is 4.14. The highest BCUT2D eigenvalue weighted by molar-refractivity contribution is 5.77. The summed E-state index contributed by atoms with van der Waals surface area (Å²) in [7, 11) is 3.34. The zero-order valence-corrected chi connectivity index (χ0v) is 15.8. The zero-order chi connectivity index (χ0) is 19.3. The maximum absolute atomic E-state index is 5.30. The molecule has 0 aliphatic carbocycles. The van der Waals surface area contributed by atoms with Gasteiger partial charge in [0.15, 0.2) is 0 Å². The van der Waals surface area contributed by atoms with E-state index < -0.39 is 0 Å². The molecule has 140 valence electrons. The maximum atomic E-state index is 5.30. The minimum absolute atomic E-state index is 0.826. The molecule has 0 fully saturated rings. The Bertz CT molecular complexity index is 962. The number of hydrogen-bond donors (Lipinski definition) is 0. The predicted octanol–water partition coefficient (Wildman–Crippen LogP) is 5.36. The van der Waals surface area contributed by atoms with Crippen molar-refractivity contribution >= 4 is 17.1 Å². The van der Waals surface area contributed by atoms with Gasteiger partial charge in [-0.25, -0.2) is 4.68 Å². The van der Waals surface area contributed by atoms with Crippen molar-refractivity contribution in [1.29, 1.82) is 0 Å². The highest BCUT2D eigenvalue weighted by atomic mass is 16.5. The quantitative estimate of drug-likeness (QED) is 0.457. The van der Waals surface area contributed by atoms with Gasteiger partial charge in [-0.1, -0.05) is 0 Å². The lowest BCUT2D eigenvalue weighted by atomic mass is 10.1. The molecule has 0 aliphatic heterocycles. The van der Waals surface area contributed by atoms with E-state index in [2.05, 4.69) is 34.3 Å². The summed E-state index contributed by atoms with van der Waals surface area (Å²) >= 11 is 0. The Morgan fingerprint density at radius 1 is 0.679 bits per heavy atom. The first-order valence-electron chi connectivity index (χ1n) is 8.97. The normalized spacial score (nSPS) is 10.5. The van der Waals surface area contributed by atoms with E-state index in [-0.39, 0.29) is 0 Å². The molecule has 0 radical (unpaired) electrons. The van der Waals surface area contributed by atoms with E-state index in [1.807, 2.05) is 65.5 Å². The van der Waals surface area contributed by atoms with Gasteiger partial charge in [-0.3, -0.25) is 0 Å².